The number of nitrogens with zero attached hydrogens (tertiary/aromatic N) is 2. The fourth-order valence-corrected chi connectivity index (χ4v) is 3.90. The highest BCUT2D eigenvalue weighted by Crippen LogP contribution is 2.28. The van der Waals surface area contributed by atoms with Gasteiger partial charge in [0.2, 0.25) is 0 Å². The van der Waals surface area contributed by atoms with E-state index in [4.69, 9.17) is 14.7 Å². The van der Waals surface area contributed by atoms with E-state index in [0.717, 1.165) is 42.1 Å². The summed E-state index contributed by atoms with van der Waals surface area (Å²) in [6, 6.07) is 12.6. The third-order valence-electron chi connectivity index (χ3n) is 5.65. The molecule has 1 aliphatic rings. The Labute approximate surface area is 169 Å². The molecule has 0 aromatic heterocycles. The number of rotatable bonds is 4. The summed E-state index contributed by atoms with van der Waals surface area (Å²) >= 11 is 0. The van der Waals surface area contributed by atoms with Gasteiger partial charge in [0.15, 0.2) is 0 Å². The van der Waals surface area contributed by atoms with Crippen LogP contribution in [0.2, 0.25) is 0 Å². The fraction of sp³-hybridized carbons (Fsp3) is 0.440. The van der Waals surface area contributed by atoms with Crippen molar-refractivity contribution in [3.8, 4) is 0 Å². The molecule has 1 heterocycles. The van der Waals surface area contributed by atoms with E-state index in [-0.39, 0.29) is 12.2 Å². The van der Waals surface area contributed by atoms with E-state index < -0.39 is 0 Å². The molecule has 2 atom stereocenters. The van der Waals surface area contributed by atoms with E-state index in [0.29, 0.717) is 0 Å². The van der Waals surface area contributed by atoms with Crippen molar-refractivity contribution in [2.45, 2.75) is 73.0 Å². The number of hydrogen-bond acceptors (Lipinski definition) is 3. The maximum absolute atomic E-state index is 6.45. The van der Waals surface area contributed by atoms with Gasteiger partial charge < -0.3 is 4.74 Å². The van der Waals surface area contributed by atoms with Crippen LogP contribution in [0.15, 0.2) is 46.4 Å². The van der Waals surface area contributed by atoms with Crippen LogP contribution in [0, 0.1) is 27.7 Å². The number of hydrogen-bond donors (Lipinski definition) is 0. The predicted octanol–water partition coefficient (Wildman–Crippen LogP) is 6.74. The Balaban J connectivity index is 1.80. The van der Waals surface area contributed by atoms with Gasteiger partial charge in [-0.1, -0.05) is 36.4 Å². The normalized spacial score (nSPS) is 21.1. The predicted molar refractivity (Wildman–Crippen MR) is 120 cm³/mol. The first-order valence-electron chi connectivity index (χ1n) is 10.2. The maximum atomic E-state index is 6.45. The molecular weight excluding hydrogens is 344 g/mol. The van der Waals surface area contributed by atoms with E-state index in [1.165, 1.54) is 22.3 Å². The summed E-state index contributed by atoms with van der Waals surface area (Å²) in [7, 11) is 0. The molecule has 2 aromatic carbocycles. The van der Waals surface area contributed by atoms with Crippen molar-refractivity contribution in [1.82, 2.24) is 0 Å². The molecule has 1 saturated heterocycles. The molecule has 0 aliphatic carbocycles. The van der Waals surface area contributed by atoms with Gasteiger partial charge in [-0.3, -0.25) is 9.98 Å². The zero-order valence-corrected chi connectivity index (χ0v) is 18.0. The van der Waals surface area contributed by atoms with Crippen molar-refractivity contribution in [3.63, 3.8) is 0 Å². The van der Waals surface area contributed by atoms with Crippen LogP contribution in [0.25, 0.3) is 0 Å². The molecule has 0 bridgehead atoms. The molecule has 28 heavy (non-hydrogen) atoms. The van der Waals surface area contributed by atoms with Crippen molar-refractivity contribution in [3.05, 3.63) is 58.7 Å². The zero-order valence-electron chi connectivity index (χ0n) is 18.0. The van der Waals surface area contributed by atoms with Gasteiger partial charge in [0, 0.05) is 11.4 Å². The minimum atomic E-state index is 0.0564. The molecule has 0 saturated carbocycles. The standard InChI is InChI=1S/C25H32N2O/c1-16-10-7-11-17(2)24(16)26-20(5)22-14-9-15-23(28-22)21(6)27-25-18(3)12-8-13-19(25)4/h7-8,10-13,22-23H,9,14-15H2,1-6H3. The van der Waals surface area contributed by atoms with Crippen molar-refractivity contribution in [2.75, 3.05) is 0 Å². The molecule has 3 nitrogen and oxygen atoms in total. The summed E-state index contributed by atoms with van der Waals surface area (Å²) < 4.78 is 6.45. The van der Waals surface area contributed by atoms with Crippen LogP contribution in [0.3, 0.4) is 0 Å². The molecule has 0 amide bonds. The molecule has 3 rings (SSSR count). The van der Waals surface area contributed by atoms with Crippen LogP contribution >= 0.6 is 0 Å². The van der Waals surface area contributed by atoms with Gasteiger partial charge in [-0.05, 0) is 83.1 Å². The van der Waals surface area contributed by atoms with Crippen molar-refractivity contribution < 1.29 is 4.74 Å². The monoisotopic (exact) mass is 376 g/mol. The summed E-state index contributed by atoms with van der Waals surface area (Å²) in [5.41, 5.74) is 9.10. The highest BCUT2D eigenvalue weighted by atomic mass is 16.5. The van der Waals surface area contributed by atoms with Gasteiger partial charge in [0.05, 0.1) is 23.6 Å². The van der Waals surface area contributed by atoms with Crippen LogP contribution in [0.4, 0.5) is 11.4 Å². The van der Waals surface area contributed by atoms with E-state index in [2.05, 4.69) is 77.9 Å². The molecule has 1 fully saturated rings. The maximum Gasteiger partial charge on any atom is 0.0962 e. The average Bonchev–Trinajstić information content (AvgIpc) is 2.67. The van der Waals surface area contributed by atoms with Crippen molar-refractivity contribution in [2.24, 2.45) is 9.98 Å². The fourth-order valence-electron chi connectivity index (χ4n) is 3.90. The quantitative estimate of drug-likeness (QED) is 0.544. The Morgan fingerprint density at radius 3 is 1.43 bits per heavy atom. The van der Waals surface area contributed by atoms with Gasteiger partial charge in [0.1, 0.15) is 0 Å². The Bertz CT molecular complexity index is 797. The van der Waals surface area contributed by atoms with Gasteiger partial charge in [-0.2, -0.15) is 0 Å². The second-order valence-electron chi connectivity index (χ2n) is 8.03. The number of aliphatic imine (C=N–C) groups is 2. The highest BCUT2D eigenvalue weighted by molar-refractivity contribution is 5.92. The highest BCUT2D eigenvalue weighted by Gasteiger charge is 2.26. The summed E-state index contributed by atoms with van der Waals surface area (Å²) in [6.07, 6.45) is 3.29. The lowest BCUT2D eigenvalue weighted by molar-refractivity contribution is 0.0230. The Morgan fingerprint density at radius 1 is 0.714 bits per heavy atom. The Morgan fingerprint density at radius 2 is 1.07 bits per heavy atom. The van der Waals surface area contributed by atoms with Crippen LogP contribution in [0.1, 0.15) is 55.4 Å². The van der Waals surface area contributed by atoms with E-state index in [1.807, 2.05) is 0 Å². The van der Waals surface area contributed by atoms with Crippen molar-refractivity contribution in [1.29, 1.82) is 0 Å². The van der Waals surface area contributed by atoms with Crippen LogP contribution in [0.5, 0.6) is 0 Å². The molecule has 2 unspecified atom stereocenters. The second kappa shape index (κ2) is 8.83. The molecule has 1 aliphatic heterocycles. The number of ether oxygens (including phenoxy) is 1. The lowest BCUT2D eigenvalue weighted by Gasteiger charge is -2.30. The minimum Gasteiger partial charge on any atom is -0.363 e. The second-order valence-corrected chi connectivity index (χ2v) is 8.03. The van der Waals surface area contributed by atoms with Crippen LogP contribution < -0.4 is 0 Å². The number of benzene rings is 2. The summed E-state index contributed by atoms with van der Waals surface area (Å²) in [5.74, 6) is 0. The van der Waals surface area contributed by atoms with Gasteiger partial charge in [-0.15, -0.1) is 0 Å². The van der Waals surface area contributed by atoms with Gasteiger partial charge >= 0.3 is 0 Å². The largest absolute Gasteiger partial charge is 0.363 e. The van der Waals surface area contributed by atoms with E-state index >= 15 is 0 Å². The first-order valence-corrected chi connectivity index (χ1v) is 10.2. The van der Waals surface area contributed by atoms with Crippen LogP contribution in [-0.4, -0.2) is 23.6 Å². The summed E-state index contributed by atoms with van der Waals surface area (Å²) in [5, 5.41) is 0. The zero-order chi connectivity index (χ0) is 20.3. The third kappa shape index (κ3) is 4.59. The lowest BCUT2D eigenvalue weighted by Crippen LogP contribution is -2.36. The lowest BCUT2D eigenvalue weighted by atomic mass is 9.98. The van der Waals surface area contributed by atoms with Gasteiger partial charge in [-0.25, -0.2) is 0 Å². The smallest absolute Gasteiger partial charge is 0.0962 e. The first-order chi connectivity index (χ1) is 13.4. The van der Waals surface area contributed by atoms with E-state index in [9.17, 15) is 0 Å². The molecule has 0 N–H and O–H groups in total. The summed E-state index contributed by atoms with van der Waals surface area (Å²) in [6.45, 7) is 12.7. The SMILES string of the molecule is CC(=Nc1c(C)cccc1C)C1CCCC(C(C)=Nc2c(C)cccc2C)O1. The van der Waals surface area contributed by atoms with Crippen LogP contribution in [-0.2, 0) is 4.74 Å². The molecule has 148 valence electrons. The minimum absolute atomic E-state index is 0.0564. The first kappa shape index (κ1) is 20.5. The van der Waals surface area contributed by atoms with Crippen molar-refractivity contribution >= 4 is 22.8 Å². The molecule has 0 spiro atoms. The number of para-hydroxylation sites is 2. The molecule has 2 aromatic rings. The molecule has 3 heteroatoms. The molecule has 0 radical (unpaired) electrons. The number of aryl methyl sites for hydroxylation is 4. The topological polar surface area (TPSA) is 34.0 Å². The molecular formula is C25H32N2O. The van der Waals surface area contributed by atoms with E-state index in [1.54, 1.807) is 0 Å². The Hall–Kier alpha value is -2.26. The average molecular weight is 377 g/mol. The Kier molecular flexibility index (Phi) is 6.46. The third-order valence-corrected chi connectivity index (χ3v) is 5.65. The van der Waals surface area contributed by atoms with Gasteiger partial charge in [0.25, 0.3) is 0 Å². The summed E-state index contributed by atoms with van der Waals surface area (Å²) in [4.78, 5) is 9.88.